The van der Waals surface area contributed by atoms with Gasteiger partial charge < -0.3 is 19.0 Å². The molecule has 0 aliphatic heterocycles. The molecule has 2 heterocycles. The number of aromatic nitrogens is 2. The second-order valence-corrected chi connectivity index (χ2v) is 8.27. The summed E-state index contributed by atoms with van der Waals surface area (Å²) in [5, 5.41) is 2.89. The van der Waals surface area contributed by atoms with Crippen molar-refractivity contribution in [2.45, 2.75) is 51.5 Å². The Kier molecular flexibility index (Phi) is 6.87. The number of methoxy groups -OCH3 is 1. The van der Waals surface area contributed by atoms with Crippen molar-refractivity contribution in [3.63, 3.8) is 0 Å². The number of furan rings is 1. The molecular formula is C25H31N3O3. The number of aryl methyl sites for hydroxylation is 1. The molecule has 2 aromatic heterocycles. The Balaban J connectivity index is 1.65. The number of rotatable bonds is 8. The van der Waals surface area contributed by atoms with E-state index in [0.717, 1.165) is 36.2 Å². The number of carbonyl (C=O) groups excluding carboxylic acids is 1. The van der Waals surface area contributed by atoms with Crippen molar-refractivity contribution >= 4 is 5.91 Å². The third-order valence-corrected chi connectivity index (χ3v) is 5.96. The molecule has 6 heteroatoms. The van der Waals surface area contributed by atoms with E-state index in [1.54, 1.807) is 13.2 Å². The van der Waals surface area contributed by atoms with Gasteiger partial charge in [-0.1, -0.05) is 49.1 Å². The lowest BCUT2D eigenvalue weighted by atomic mass is 9.95. The van der Waals surface area contributed by atoms with Crippen LogP contribution in [-0.4, -0.2) is 35.7 Å². The average Bonchev–Trinajstić information content (AvgIpc) is 3.45. The van der Waals surface area contributed by atoms with Gasteiger partial charge in [0.2, 0.25) is 0 Å². The number of ether oxygens (including phenoxy) is 1. The molecule has 0 spiro atoms. The zero-order valence-electron chi connectivity index (χ0n) is 18.4. The maximum absolute atomic E-state index is 12.5. The van der Waals surface area contributed by atoms with Crippen LogP contribution in [0.1, 0.15) is 60.7 Å². The summed E-state index contributed by atoms with van der Waals surface area (Å²) in [6, 6.07) is 12.4. The van der Waals surface area contributed by atoms with Crippen molar-refractivity contribution in [3.05, 3.63) is 54.0 Å². The molecule has 0 bridgehead atoms. The summed E-state index contributed by atoms with van der Waals surface area (Å²) >= 11 is 0. The minimum Gasteiger partial charge on any atom is -0.449 e. The number of hydrogen-bond acceptors (Lipinski definition) is 4. The number of nitrogens with zero attached hydrogens (tertiary/aromatic N) is 2. The van der Waals surface area contributed by atoms with Crippen molar-refractivity contribution in [1.29, 1.82) is 0 Å². The molecule has 1 aliphatic rings. The molecule has 1 aliphatic carbocycles. The number of amides is 1. The fourth-order valence-electron chi connectivity index (χ4n) is 4.26. The van der Waals surface area contributed by atoms with Gasteiger partial charge in [-0.15, -0.1) is 0 Å². The van der Waals surface area contributed by atoms with Crippen LogP contribution in [0.4, 0.5) is 0 Å². The molecule has 1 N–H and O–H groups in total. The van der Waals surface area contributed by atoms with Crippen LogP contribution in [0.2, 0.25) is 0 Å². The van der Waals surface area contributed by atoms with Crippen LogP contribution in [0.25, 0.3) is 22.7 Å². The van der Waals surface area contributed by atoms with E-state index in [1.165, 1.54) is 24.8 Å². The van der Waals surface area contributed by atoms with E-state index in [2.05, 4.69) is 41.1 Å². The normalized spacial score (nSPS) is 14.6. The second-order valence-electron chi connectivity index (χ2n) is 8.27. The number of hydrogen-bond donors (Lipinski definition) is 1. The fourth-order valence-corrected chi connectivity index (χ4v) is 4.26. The van der Waals surface area contributed by atoms with Gasteiger partial charge in [-0.3, -0.25) is 4.79 Å². The number of benzene rings is 1. The summed E-state index contributed by atoms with van der Waals surface area (Å²) in [5.41, 5.74) is 4.11. The Morgan fingerprint density at radius 3 is 2.68 bits per heavy atom. The molecule has 31 heavy (non-hydrogen) atoms. The van der Waals surface area contributed by atoms with E-state index in [-0.39, 0.29) is 5.91 Å². The van der Waals surface area contributed by atoms with Crippen LogP contribution in [-0.2, 0) is 4.74 Å². The van der Waals surface area contributed by atoms with Crippen LogP contribution in [0.3, 0.4) is 0 Å². The Morgan fingerprint density at radius 2 is 1.94 bits per heavy atom. The van der Waals surface area contributed by atoms with Crippen LogP contribution in [0, 0.1) is 6.92 Å². The lowest BCUT2D eigenvalue weighted by Gasteiger charge is -2.24. The number of nitrogens with one attached hydrogen (secondary N) is 1. The van der Waals surface area contributed by atoms with Gasteiger partial charge >= 0.3 is 0 Å². The molecule has 0 atom stereocenters. The standard InChI is InChI=1S/C25H31N3O3/c1-18-9-11-19(12-10-18)23-24(28(17-27-23)20-7-4-3-5-8-20)21-13-14-22(31-21)25(29)26-15-6-16-30-2/h9-14,17,20H,3-8,15-16H2,1-2H3,(H,26,29). The van der Waals surface area contributed by atoms with Crippen LogP contribution < -0.4 is 5.32 Å². The lowest BCUT2D eigenvalue weighted by Crippen LogP contribution is -2.24. The number of imidazole rings is 1. The lowest BCUT2D eigenvalue weighted by molar-refractivity contribution is 0.0921. The average molecular weight is 422 g/mol. The molecule has 1 aromatic carbocycles. The minimum absolute atomic E-state index is 0.206. The SMILES string of the molecule is COCCCNC(=O)c1ccc(-c2c(-c3ccc(C)cc3)ncn2C2CCCCC2)o1. The van der Waals surface area contributed by atoms with Crippen molar-refractivity contribution in [2.75, 3.05) is 20.3 Å². The molecule has 6 nitrogen and oxygen atoms in total. The molecule has 1 amide bonds. The van der Waals surface area contributed by atoms with E-state index < -0.39 is 0 Å². The zero-order valence-corrected chi connectivity index (χ0v) is 18.4. The predicted octanol–water partition coefficient (Wildman–Crippen LogP) is 5.39. The van der Waals surface area contributed by atoms with Crippen molar-refractivity contribution in [3.8, 4) is 22.7 Å². The second kappa shape index (κ2) is 9.96. The first-order valence-corrected chi connectivity index (χ1v) is 11.2. The first kappa shape index (κ1) is 21.4. The van der Waals surface area contributed by atoms with Crippen LogP contribution in [0.15, 0.2) is 47.1 Å². The third kappa shape index (κ3) is 4.90. The van der Waals surface area contributed by atoms with Gasteiger partial charge in [0.1, 0.15) is 5.69 Å². The molecule has 1 saturated carbocycles. The maximum Gasteiger partial charge on any atom is 0.287 e. The zero-order chi connectivity index (χ0) is 21.6. The summed E-state index contributed by atoms with van der Waals surface area (Å²) in [5.74, 6) is 0.794. The molecule has 0 saturated heterocycles. The van der Waals surface area contributed by atoms with Crippen LogP contribution in [0.5, 0.6) is 0 Å². The highest BCUT2D eigenvalue weighted by molar-refractivity contribution is 5.92. The van der Waals surface area contributed by atoms with Crippen LogP contribution >= 0.6 is 0 Å². The van der Waals surface area contributed by atoms with Gasteiger partial charge in [0.05, 0.1) is 12.0 Å². The predicted molar refractivity (Wildman–Crippen MR) is 121 cm³/mol. The highest BCUT2D eigenvalue weighted by Crippen LogP contribution is 2.38. The summed E-state index contributed by atoms with van der Waals surface area (Å²) in [4.78, 5) is 17.3. The van der Waals surface area contributed by atoms with Crippen molar-refractivity contribution in [1.82, 2.24) is 14.9 Å². The quantitative estimate of drug-likeness (QED) is 0.495. The summed E-state index contributed by atoms with van der Waals surface area (Å²) < 4.78 is 13.3. The van der Waals surface area contributed by atoms with E-state index in [4.69, 9.17) is 14.1 Å². The summed E-state index contributed by atoms with van der Waals surface area (Å²) in [6.45, 7) is 3.25. The van der Waals surface area contributed by atoms with E-state index in [9.17, 15) is 4.79 Å². The molecular weight excluding hydrogens is 390 g/mol. The molecule has 4 rings (SSSR count). The van der Waals surface area contributed by atoms with Gasteiger partial charge in [0, 0.05) is 31.9 Å². The van der Waals surface area contributed by atoms with Gasteiger partial charge in [-0.25, -0.2) is 4.98 Å². The molecule has 0 radical (unpaired) electrons. The number of carbonyl (C=O) groups is 1. The highest BCUT2D eigenvalue weighted by atomic mass is 16.5. The van der Waals surface area contributed by atoms with Gasteiger partial charge in [-0.2, -0.15) is 0 Å². The highest BCUT2D eigenvalue weighted by Gasteiger charge is 2.25. The van der Waals surface area contributed by atoms with E-state index >= 15 is 0 Å². The fraction of sp³-hybridized carbons (Fsp3) is 0.440. The van der Waals surface area contributed by atoms with E-state index in [1.807, 2.05) is 12.4 Å². The summed E-state index contributed by atoms with van der Waals surface area (Å²) in [7, 11) is 1.65. The first-order chi connectivity index (χ1) is 15.2. The van der Waals surface area contributed by atoms with E-state index in [0.29, 0.717) is 30.7 Å². The van der Waals surface area contributed by atoms with Crippen molar-refractivity contribution < 1.29 is 13.9 Å². The Bertz CT molecular complexity index is 997. The Hall–Kier alpha value is -2.86. The molecule has 0 unspecified atom stereocenters. The largest absolute Gasteiger partial charge is 0.449 e. The van der Waals surface area contributed by atoms with Gasteiger partial charge in [0.15, 0.2) is 11.5 Å². The molecule has 3 aromatic rings. The van der Waals surface area contributed by atoms with Gasteiger partial charge in [0.25, 0.3) is 5.91 Å². The van der Waals surface area contributed by atoms with Gasteiger partial charge in [-0.05, 0) is 38.3 Å². The third-order valence-electron chi connectivity index (χ3n) is 5.96. The molecule has 164 valence electrons. The first-order valence-electron chi connectivity index (χ1n) is 11.2. The minimum atomic E-state index is -0.206. The van der Waals surface area contributed by atoms with Crippen molar-refractivity contribution in [2.24, 2.45) is 0 Å². The maximum atomic E-state index is 12.5. The smallest absolute Gasteiger partial charge is 0.287 e. The molecule has 1 fully saturated rings. The summed E-state index contributed by atoms with van der Waals surface area (Å²) in [6.07, 6.45) is 8.74. The Morgan fingerprint density at radius 1 is 1.16 bits per heavy atom. The monoisotopic (exact) mass is 421 g/mol. The Labute approximate surface area is 183 Å². The topological polar surface area (TPSA) is 69.3 Å².